The van der Waals surface area contributed by atoms with Gasteiger partial charge in [-0.25, -0.2) is 4.98 Å². The van der Waals surface area contributed by atoms with Crippen molar-refractivity contribution < 1.29 is 4.79 Å². The van der Waals surface area contributed by atoms with E-state index in [-0.39, 0.29) is 5.91 Å². The Kier molecular flexibility index (Phi) is 4.61. The normalized spacial score (nSPS) is 20.1. The van der Waals surface area contributed by atoms with E-state index in [4.69, 9.17) is 4.98 Å². The Morgan fingerprint density at radius 1 is 1.03 bits per heavy atom. The molecule has 4 aliphatic rings. The Balaban J connectivity index is 1.24. The van der Waals surface area contributed by atoms with Crippen molar-refractivity contribution in [2.45, 2.75) is 76.9 Å². The second-order valence-electron chi connectivity index (χ2n) is 10.5. The van der Waals surface area contributed by atoms with Gasteiger partial charge in [0.05, 0.1) is 24.5 Å². The lowest BCUT2D eigenvalue weighted by Gasteiger charge is -2.33. The van der Waals surface area contributed by atoms with E-state index in [1.54, 1.807) is 6.92 Å². The van der Waals surface area contributed by atoms with Gasteiger partial charge < -0.3 is 14.4 Å². The van der Waals surface area contributed by atoms with Gasteiger partial charge in [-0.2, -0.15) is 5.10 Å². The Hall–Kier alpha value is -3.09. The summed E-state index contributed by atoms with van der Waals surface area (Å²) in [5.74, 6) is 3.05. The predicted molar refractivity (Wildman–Crippen MR) is 131 cm³/mol. The van der Waals surface area contributed by atoms with E-state index >= 15 is 0 Å². The summed E-state index contributed by atoms with van der Waals surface area (Å²) in [4.78, 5) is 21.8. The van der Waals surface area contributed by atoms with Crippen LogP contribution in [-0.2, 0) is 24.3 Å². The van der Waals surface area contributed by atoms with Crippen LogP contribution in [0.25, 0.3) is 11.1 Å². The third kappa shape index (κ3) is 3.28. The van der Waals surface area contributed by atoms with Gasteiger partial charge in [-0.05, 0) is 68.2 Å². The molecule has 7 rings (SSSR count). The first-order valence-corrected chi connectivity index (χ1v) is 13.0. The van der Waals surface area contributed by atoms with Gasteiger partial charge in [-0.15, -0.1) is 0 Å². The van der Waals surface area contributed by atoms with Crippen LogP contribution in [0, 0.1) is 0 Å². The zero-order valence-electron chi connectivity index (χ0n) is 19.9. The van der Waals surface area contributed by atoms with Crippen LogP contribution in [0.3, 0.4) is 0 Å². The van der Waals surface area contributed by atoms with E-state index in [2.05, 4.69) is 43.6 Å². The van der Waals surface area contributed by atoms with E-state index in [0.29, 0.717) is 18.5 Å². The molecule has 2 fully saturated rings. The largest absolute Gasteiger partial charge is 0.335 e. The van der Waals surface area contributed by atoms with Crippen LogP contribution in [-0.4, -0.2) is 43.2 Å². The standard InChI is InChI=1S/C27H32N6O/c1-18(34)30-12-13-32-25(17-30)27(29-26(32)19-7-8-19)31-11-3-4-21-14-20(9-10-24(21)31)22-15-28-33(16-22)23-5-2-6-23/h9-10,14-16,19,23H,2-8,11-13,17H2,1H3. The molecule has 1 aromatic carbocycles. The van der Waals surface area contributed by atoms with Crippen LogP contribution in [0.2, 0.25) is 0 Å². The quantitative estimate of drug-likeness (QED) is 0.566. The lowest BCUT2D eigenvalue weighted by molar-refractivity contribution is -0.130. The van der Waals surface area contributed by atoms with Gasteiger partial charge in [-0.3, -0.25) is 9.48 Å². The van der Waals surface area contributed by atoms with Crippen molar-refractivity contribution in [3.63, 3.8) is 0 Å². The fourth-order valence-electron chi connectivity index (χ4n) is 5.85. The van der Waals surface area contributed by atoms with Gasteiger partial charge in [0.25, 0.3) is 0 Å². The molecule has 7 heteroatoms. The van der Waals surface area contributed by atoms with Crippen LogP contribution in [0.4, 0.5) is 11.5 Å². The first-order chi connectivity index (χ1) is 16.7. The van der Waals surface area contributed by atoms with Crippen molar-refractivity contribution in [3.8, 4) is 11.1 Å². The molecule has 34 heavy (non-hydrogen) atoms. The molecule has 2 saturated carbocycles. The fraction of sp³-hybridized carbons (Fsp3) is 0.519. The number of carbonyl (C=O) groups is 1. The maximum absolute atomic E-state index is 12.2. The SMILES string of the molecule is CC(=O)N1CCn2c(C3CC3)nc(N3CCCc4cc(-c5cnn(C6CCC6)c5)ccc43)c2C1. The van der Waals surface area contributed by atoms with Crippen LogP contribution in [0.1, 0.15) is 74.5 Å². The summed E-state index contributed by atoms with van der Waals surface area (Å²) >= 11 is 0. The summed E-state index contributed by atoms with van der Waals surface area (Å²) in [7, 11) is 0. The molecular formula is C27H32N6O. The van der Waals surface area contributed by atoms with Gasteiger partial charge in [0.2, 0.25) is 5.91 Å². The van der Waals surface area contributed by atoms with Gasteiger partial charge >= 0.3 is 0 Å². The number of anilines is 2. The zero-order valence-corrected chi connectivity index (χ0v) is 19.9. The maximum atomic E-state index is 12.2. The molecule has 0 spiro atoms. The van der Waals surface area contributed by atoms with E-state index in [0.717, 1.165) is 38.3 Å². The third-order valence-corrected chi connectivity index (χ3v) is 8.24. The molecule has 2 aliphatic heterocycles. The summed E-state index contributed by atoms with van der Waals surface area (Å²) in [6, 6.07) is 7.46. The average molecular weight is 457 g/mol. The number of nitrogens with zero attached hydrogens (tertiary/aromatic N) is 6. The number of rotatable bonds is 4. The summed E-state index contributed by atoms with van der Waals surface area (Å²) in [6.45, 7) is 4.96. The molecule has 7 nitrogen and oxygen atoms in total. The second-order valence-corrected chi connectivity index (χ2v) is 10.5. The monoisotopic (exact) mass is 456 g/mol. The minimum absolute atomic E-state index is 0.150. The Morgan fingerprint density at radius 2 is 1.91 bits per heavy atom. The number of aryl methyl sites for hydroxylation is 1. The van der Waals surface area contributed by atoms with Gasteiger partial charge in [0.15, 0.2) is 5.82 Å². The van der Waals surface area contributed by atoms with Crippen LogP contribution < -0.4 is 4.90 Å². The number of aromatic nitrogens is 4. The minimum Gasteiger partial charge on any atom is -0.335 e. The molecule has 176 valence electrons. The second kappa shape index (κ2) is 7.72. The number of imidazole rings is 1. The molecule has 1 amide bonds. The molecule has 0 atom stereocenters. The highest BCUT2D eigenvalue weighted by molar-refractivity contribution is 5.75. The van der Waals surface area contributed by atoms with Gasteiger partial charge in [0.1, 0.15) is 5.82 Å². The van der Waals surface area contributed by atoms with Gasteiger partial charge in [0, 0.05) is 49.9 Å². The van der Waals surface area contributed by atoms with Gasteiger partial charge in [-0.1, -0.05) is 6.07 Å². The van der Waals surface area contributed by atoms with E-state index in [9.17, 15) is 4.79 Å². The first kappa shape index (κ1) is 20.3. The predicted octanol–water partition coefficient (Wildman–Crippen LogP) is 4.80. The van der Waals surface area contributed by atoms with Crippen molar-refractivity contribution in [2.75, 3.05) is 18.0 Å². The molecular weight excluding hydrogens is 424 g/mol. The van der Waals surface area contributed by atoms with Crippen molar-refractivity contribution in [1.29, 1.82) is 0 Å². The topological polar surface area (TPSA) is 59.2 Å². The fourth-order valence-corrected chi connectivity index (χ4v) is 5.85. The molecule has 0 unspecified atom stereocenters. The summed E-state index contributed by atoms with van der Waals surface area (Å²) < 4.78 is 4.58. The van der Waals surface area contributed by atoms with Crippen molar-refractivity contribution in [3.05, 3.63) is 47.7 Å². The van der Waals surface area contributed by atoms with Crippen molar-refractivity contribution in [2.24, 2.45) is 0 Å². The number of fused-ring (bicyclic) bond motifs is 2. The lowest BCUT2D eigenvalue weighted by Crippen LogP contribution is -2.38. The number of amides is 1. The highest BCUT2D eigenvalue weighted by atomic mass is 16.2. The minimum atomic E-state index is 0.150. The Labute approximate surface area is 200 Å². The van der Waals surface area contributed by atoms with Crippen LogP contribution in [0.5, 0.6) is 0 Å². The van der Waals surface area contributed by atoms with Crippen molar-refractivity contribution >= 4 is 17.4 Å². The molecule has 3 aromatic rings. The lowest BCUT2D eigenvalue weighted by atomic mass is 9.93. The molecule has 0 N–H and O–H groups in total. The Bertz CT molecular complexity index is 1260. The zero-order chi connectivity index (χ0) is 22.8. The third-order valence-electron chi connectivity index (χ3n) is 8.24. The van der Waals surface area contributed by atoms with Crippen LogP contribution >= 0.6 is 0 Å². The molecule has 2 aromatic heterocycles. The summed E-state index contributed by atoms with van der Waals surface area (Å²) in [5.41, 5.74) is 6.32. The smallest absolute Gasteiger partial charge is 0.219 e. The Morgan fingerprint density at radius 3 is 2.68 bits per heavy atom. The molecule has 0 radical (unpaired) electrons. The molecule has 4 heterocycles. The number of carbonyl (C=O) groups excluding carboxylic acids is 1. The molecule has 0 bridgehead atoms. The maximum Gasteiger partial charge on any atom is 0.219 e. The number of hydrogen-bond acceptors (Lipinski definition) is 4. The highest BCUT2D eigenvalue weighted by Crippen LogP contribution is 2.44. The van der Waals surface area contributed by atoms with Crippen molar-refractivity contribution in [1.82, 2.24) is 24.2 Å². The molecule has 0 saturated heterocycles. The summed E-state index contributed by atoms with van der Waals surface area (Å²) in [6.07, 6.45) is 12.7. The van der Waals surface area contributed by atoms with E-state index in [1.165, 1.54) is 66.0 Å². The van der Waals surface area contributed by atoms with E-state index < -0.39 is 0 Å². The average Bonchev–Trinajstić information content (AvgIpc) is 3.43. The number of benzene rings is 1. The van der Waals surface area contributed by atoms with E-state index in [1.807, 2.05) is 11.1 Å². The highest BCUT2D eigenvalue weighted by Gasteiger charge is 2.36. The first-order valence-electron chi connectivity index (χ1n) is 13.0. The number of hydrogen-bond donors (Lipinski definition) is 0. The van der Waals surface area contributed by atoms with Crippen LogP contribution in [0.15, 0.2) is 30.6 Å². The summed E-state index contributed by atoms with van der Waals surface area (Å²) in [5, 5.41) is 4.65. The molecule has 2 aliphatic carbocycles.